The maximum atomic E-state index is 6.25. The van der Waals surface area contributed by atoms with Gasteiger partial charge in [-0.3, -0.25) is 4.68 Å². The lowest BCUT2D eigenvalue weighted by molar-refractivity contribution is 0.275. The highest BCUT2D eigenvalue weighted by Gasteiger charge is 2.15. The van der Waals surface area contributed by atoms with E-state index in [9.17, 15) is 0 Å². The standard InChI is InChI=1S/C23H29N7O2/c1-25-20-8-6-17(14-19(20)23(24)28-21-10-12-30(2)29-21)32-22-9-7-18(15-27-22)31-13-11-26-16-4-3-5-16/h6-10,12,14-16,25-26H,3-5,11,13H2,1-2H3,(H2,24,28,29). The van der Waals surface area contributed by atoms with Crippen LogP contribution >= 0.6 is 0 Å². The van der Waals surface area contributed by atoms with Crippen LogP contribution in [0.5, 0.6) is 17.4 Å². The predicted octanol–water partition coefficient (Wildman–Crippen LogP) is 3.21. The van der Waals surface area contributed by atoms with Crippen molar-refractivity contribution in [2.45, 2.75) is 25.3 Å². The van der Waals surface area contributed by atoms with E-state index in [0.29, 0.717) is 41.7 Å². The highest BCUT2D eigenvalue weighted by Crippen LogP contribution is 2.27. The maximum absolute atomic E-state index is 6.25. The number of nitrogens with two attached hydrogens (primary N) is 1. The molecule has 168 valence electrons. The van der Waals surface area contributed by atoms with E-state index in [1.807, 2.05) is 44.6 Å². The van der Waals surface area contributed by atoms with E-state index in [2.05, 4.69) is 25.7 Å². The number of nitrogens with zero attached hydrogens (tertiary/aromatic N) is 4. The van der Waals surface area contributed by atoms with Crippen molar-refractivity contribution in [3.8, 4) is 17.4 Å². The zero-order valence-corrected chi connectivity index (χ0v) is 18.4. The fourth-order valence-electron chi connectivity index (χ4n) is 3.34. The topological polar surface area (TPSA) is 112 Å². The Labute approximate surface area is 187 Å². The van der Waals surface area contributed by atoms with E-state index in [1.165, 1.54) is 19.3 Å². The maximum Gasteiger partial charge on any atom is 0.219 e. The molecule has 2 aromatic heterocycles. The Morgan fingerprint density at radius 1 is 1.22 bits per heavy atom. The summed E-state index contributed by atoms with van der Waals surface area (Å²) in [7, 11) is 3.66. The number of pyridine rings is 1. The first-order valence-corrected chi connectivity index (χ1v) is 10.8. The van der Waals surface area contributed by atoms with Gasteiger partial charge in [-0.1, -0.05) is 6.42 Å². The Morgan fingerprint density at radius 2 is 2.06 bits per heavy atom. The number of ether oxygens (including phenoxy) is 2. The molecule has 4 N–H and O–H groups in total. The smallest absolute Gasteiger partial charge is 0.219 e. The molecule has 0 spiro atoms. The molecular weight excluding hydrogens is 406 g/mol. The van der Waals surface area contributed by atoms with Gasteiger partial charge in [-0.25, -0.2) is 9.98 Å². The first-order chi connectivity index (χ1) is 15.6. The minimum Gasteiger partial charge on any atom is -0.491 e. The average Bonchev–Trinajstić information content (AvgIpc) is 3.18. The Balaban J connectivity index is 1.39. The zero-order chi connectivity index (χ0) is 22.3. The second-order valence-electron chi connectivity index (χ2n) is 7.67. The highest BCUT2D eigenvalue weighted by molar-refractivity contribution is 6.03. The molecule has 1 saturated carbocycles. The fraction of sp³-hybridized carbons (Fsp3) is 0.348. The lowest BCUT2D eigenvalue weighted by atomic mass is 9.93. The van der Waals surface area contributed by atoms with Crippen molar-refractivity contribution in [3.05, 3.63) is 54.4 Å². The third-order valence-corrected chi connectivity index (χ3v) is 5.31. The molecule has 0 aliphatic heterocycles. The van der Waals surface area contributed by atoms with Crippen molar-refractivity contribution >= 4 is 17.3 Å². The van der Waals surface area contributed by atoms with Gasteiger partial charge in [-0.2, -0.15) is 5.10 Å². The van der Waals surface area contributed by atoms with Crippen LogP contribution in [0.2, 0.25) is 0 Å². The van der Waals surface area contributed by atoms with Gasteiger partial charge in [0, 0.05) is 56.3 Å². The monoisotopic (exact) mass is 435 g/mol. The Kier molecular flexibility index (Phi) is 6.86. The number of amidine groups is 1. The SMILES string of the molecule is CNc1ccc(Oc2ccc(OCCNC3CCC3)cn2)cc1C(N)=Nc1ccn(C)n1. The van der Waals surface area contributed by atoms with E-state index in [1.54, 1.807) is 23.0 Å². The average molecular weight is 436 g/mol. The van der Waals surface area contributed by atoms with Crippen LogP contribution in [0.4, 0.5) is 11.5 Å². The van der Waals surface area contributed by atoms with Gasteiger partial charge >= 0.3 is 0 Å². The minimum atomic E-state index is 0.339. The van der Waals surface area contributed by atoms with Gasteiger partial charge in [0.15, 0.2) is 5.82 Å². The van der Waals surface area contributed by atoms with Gasteiger partial charge in [0.25, 0.3) is 0 Å². The summed E-state index contributed by atoms with van der Waals surface area (Å²) in [5.74, 6) is 2.66. The molecule has 4 rings (SSSR count). The second-order valence-corrected chi connectivity index (χ2v) is 7.67. The van der Waals surface area contributed by atoms with Crippen LogP contribution in [-0.2, 0) is 7.05 Å². The summed E-state index contributed by atoms with van der Waals surface area (Å²) < 4.78 is 13.3. The lowest BCUT2D eigenvalue weighted by Crippen LogP contribution is -2.37. The number of aromatic nitrogens is 3. The third kappa shape index (κ3) is 5.55. The molecule has 9 nitrogen and oxygen atoms in total. The van der Waals surface area contributed by atoms with E-state index in [-0.39, 0.29) is 0 Å². The number of benzene rings is 1. The molecule has 1 aliphatic carbocycles. The van der Waals surface area contributed by atoms with E-state index >= 15 is 0 Å². The number of hydrogen-bond donors (Lipinski definition) is 3. The predicted molar refractivity (Wildman–Crippen MR) is 125 cm³/mol. The Bertz CT molecular complexity index is 1060. The van der Waals surface area contributed by atoms with Gasteiger partial charge in [-0.15, -0.1) is 0 Å². The molecule has 3 aromatic rings. The number of aliphatic imine (C=N–C) groups is 1. The lowest BCUT2D eigenvalue weighted by Gasteiger charge is -2.26. The highest BCUT2D eigenvalue weighted by atomic mass is 16.5. The van der Waals surface area contributed by atoms with Crippen LogP contribution in [0.25, 0.3) is 0 Å². The van der Waals surface area contributed by atoms with Crippen LogP contribution in [0, 0.1) is 0 Å². The first-order valence-electron chi connectivity index (χ1n) is 10.8. The number of aryl methyl sites for hydroxylation is 1. The molecule has 1 aliphatic rings. The van der Waals surface area contributed by atoms with Gasteiger partial charge < -0.3 is 25.8 Å². The van der Waals surface area contributed by atoms with E-state index in [0.717, 1.165) is 17.8 Å². The minimum absolute atomic E-state index is 0.339. The number of nitrogens with one attached hydrogen (secondary N) is 2. The summed E-state index contributed by atoms with van der Waals surface area (Å²) in [5, 5.41) is 10.8. The Morgan fingerprint density at radius 3 is 2.72 bits per heavy atom. The zero-order valence-electron chi connectivity index (χ0n) is 18.4. The number of anilines is 1. The first kappa shape index (κ1) is 21.6. The molecule has 2 heterocycles. The second kappa shape index (κ2) is 10.1. The molecular formula is C23H29N7O2. The van der Waals surface area contributed by atoms with Crippen molar-refractivity contribution in [2.24, 2.45) is 17.8 Å². The Hall–Kier alpha value is -3.59. The van der Waals surface area contributed by atoms with Crippen molar-refractivity contribution in [1.82, 2.24) is 20.1 Å². The van der Waals surface area contributed by atoms with Gasteiger partial charge in [0.1, 0.15) is 23.9 Å². The van der Waals surface area contributed by atoms with Crippen LogP contribution in [0.1, 0.15) is 24.8 Å². The third-order valence-electron chi connectivity index (χ3n) is 5.31. The fourth-order valence-corrected chi connectivity index (χ4v) is 3.34. The van der Waals surface area contributed by atoms with Gasteiger partial charge in [-0.05, 0) is 37.1 Å². The number of rotatable bonds is 10. The molecule has 32 heavy (non-hydrogen) atoms. The number of hydrogen-bond acceptors (Lipinski definition) is 7. The van der Waals surface area contributed by atoms with Crippen molar-refractivity contribution < 1.29 is 9.47 Å². The van der Waals surface area contributed by atoms with Crippen molar-refractivity contribution in [2.75, 3.05) is 25.5 Å². The molecule has 0 radical (unpaired) electrons. The molecule has 0 amide bonds. The molecule has 1 fully saturated rings. The summed E-state index contributed by atoms with van der Waals surface area (Å²) in [6.45, 7) is 1.45. The summed E-state index contributed by atoms with van der Waals surface area (Å²) in [6.07, 6.45) is 7.34. The largest absolute Gasteiger partial charge is 0.491 e. The molecule has 0 bridgehead atoms. The summed E-state index contributed by atoms with van der Waals surface area (Å²) in [5.41, 5.74) is 7.80. The van der Waals surface area contributed by atoms with Crippen LogP contribution < -0.4 is 25.8 Å². The summed E-state index contributed by atoms with van der Waals surface area (Å²) >= 11 is 0. The summed E-state index contributed by atoms with van der Waals surface area (Å²) in [6, 6.07) is 11.7. The van der Waals surface area contributed by atoms with Crippen molar-refractivity contribution in [1.29, 1.82) is 0 Å². The van der Waals surface area contributed by atoms with Crippen LogP contribution in [-0.4, -0.2) is 46.8 Å². The molecule has 9 heteroatoms. The quantitative estimate of drug-likeness (QED) is 0.255. The van der Waals surface area contributed by atoms with E-state index in [4.69, 9.17) is 15.2 Å². The van der Waals surface area contributed by atoms with E-state index < -0.39 is 0 Å². The normalized spacial score (nSPS) is 14.1. The molecule has 0 atom stereocenters. The molecule has 0 unspecified atom stereocenters. The molecule has 0 saturated heterocycles. The van der Waals surface area contributed by atoms with Gasteiger partial charge in [0.05, 0.1) is 6.20 Å². The summed E-state index contributed by atoms with van der Waals surface area (Å²) in [4.78, 5) is 8.75. The van der Waals surface area contributed by atoms with Crippen LogP contribution in [0.15, 0.2) is 53.8 Å². The molecule has 1 aromatic carbocycles. The van der Waals surface area contributed by atoms with Crippen LogP contribution in [0.3, 0.4) is 0 Å². The van der Waals surface area contributed by atoms with Gasteiger partial charge in [0.2, 0.25) is 5.88 Å². The van der Waals surface area contributed by atoms with Crippen molar-refractivity contribution in [3.63, 3.8) is 0 Å².